The van der Waals surface area contributed by atoms with Gasteiger partial charge in [-0.15, -0.1) is 0 Å². The summed E-state index contributed by atoms with van der Waals surface area (Å²) in [7, 11) is 0. The van der Waals surface area contributed by atoms with Crippen LogP contribution in [0.2, 0.25) is 0 Å². The number of hydrogen-bond donors (Lipinski definition) is 2. The van der Waals surface area contributed by atoms with Crippen molar-refractivity contribution in [2.24, 2.45) is 5.92 Å². The maximum absolute atomic E-state index is 10.5. The second-order valence-electron chi connectivity index (χ2n) is 6.92. The van der Waals surface area contributed by atoms with Gasteiger partial charge in [-0.05, 0) is 44.2 Å². The molecule has 2 heterocycles. The topological polar surface area (TPSA) is 70.9 Å². The van der Waals surface area contributed by atoms with Crippen LogP contribution in [0.25, 0.3) is 11.5 Å². The van der Waals surface area contributed by atoms with Gasteiger partial charge in [-0.1, -0.05) is 26.8 Å². The predicted molar refractivity (Wildman–Crippen MR) is 97.8 cm³/mol. The van der Waals surface area contributed by atoms with E-state index >= 15 is 0 Å². The van der Waals surface area contributed by atoms with E-state index in [-0.39, 0.29) is 0 Å². The van der Waals surface area contributed by atoms with E-state index in [4.69, 9.17) is 0 Å². The molecule has 5 heteroatoms. The van der Waals surface area contributed by atoms with Crippen molar-refractivity contribution in [2.75, 3.05) is 11.9 Å². The van der Waals surface area contributed by atoms with E-state index in [0.717, 1.165) is 36.5 Å². The SMILES string of the molecule is CCc1cc(NCC(C)(O)CCC(C)C)nc(-c2ccccn2)n1. The first kappa shape index (κ1) is 18.3. The van der Waals surface area contributed by atoms with Gasteiger partial charge in [-0.3, -0.25) is 4.98 Å². The Balaban J connectivity index is 2.12. The van der Waals surface area contributed by atoms with Gasteiger partial charge in [0, 0.05) is 24.5 Å². The summed E-state index contributed by atoms with van der Waals surface area (Å²) < 4.78 is 0. The number of anilines is 1. The fraction of sp³-hybridized carbons (Fsp3) is 0.526. The van der Waals surface area contributed by atoms with Crippen molar-refractivity contribution in [3.05, 3.63) is 36.2 Å². The fourth-order valence-corrected chi connectivity index (χ4v) is 2.35. The summed E-state index contributed by atoms with van der Waals surface area (Å²) in [6, 6.07) is 7.63. The molecule has 2 rings (SSSR count). The first-order chi connectivity index (χ1) is 11.4. The van der Waals surface area contributed by atoms with Crippen molar-refractivity contribution < 1.29 is 5.11 Å². The van der Waals surface area contributed by atoms with Crippen LogP contribution in [0.15, 0.2) is 30.5 Å². The van der Waals surface area contributed by atoms with E-state index < -0.39 is 5.60 Å². The second-order valence-corrected chi connectivity index (χ2v) is 6.92. The van der Waals surface area contributed by atoms with Crippen LogP contribution in [0.4, 0.5) is 5.82 Å². The van der Waals surface area contributed by atoms with Crippen molar-refractivity contribution in [3.63, 3.8) is 0 Å². The van der Waals surface area contributed by atoms with Crippen molar-refractivity contribution in [1.29, 1.82) is 0 Å². The molecule has 0 aliphatic carbocycles. The molecule has 2 aromatic heterocycles. The van der Waals surface area contributed by atoms with E-state index in [0.29, 0.717) is 18.3 Å². The largest absolute Gasteiger partial charge is 0.388 e. The highest BCUT2D eigenvalue weighted by Crippen LogP contribution is 2.19. The Morgan fingerprint density at radius 2 is 2.04 bits per heavy atom. The van der Waals surface area contributed by atoms with Crippen LogP contribution in [-0.2, 0) is 6.42 Å². The van der Waals surface area contributed by atoms with Crippen LogP contribution >= 0.6 is 0 Å². The monoisotopic (exact) mass is 328 g/mol. The Morgan fingerprint density at radius 3 is 2.67 bits per heavy atom. The van der Waals surface area contributed by atoms with E-state index in [1.807, 2.05) is 31.2 Å². The summed E-state index contributed by atoms with van der Waals surface area (Å²) in [4.78, 5) is 13.4. The predicted octanol–water partition coefficient (Wildman–Crippen LogP) is 3.70. The van der Waals surface area contributed by atoms with E-state index in [1.165, 1.54) is 0 Å². The first-order valence-electron chi connectivity index (χ1n) is 8.65. The molecule has 5 nitrogen and oxygen atoms in total. The van der Waals surface area contributed by atoms with Gasteiger partial charge < -0.3 is 10.4 Å². The number of aromatic nitrogens is 3. The average molecular weight is 328 g/mol. The van der Waals surface area contributed by atoms with Crippen molar-refractivity contribution in [3.8, 4) is 11.5 Å². The minimum absolute atomic E-state index is 0.460. The third-order valence-corrected chi connectivity index (χ3v) is 3.95. The van der Waals surface area contributed by atoms with Gasteiger partial charge in [-0.2, -0.15) is 0 Å². The lowest BCUT2D eigenvalue weighted by Gasteiger charge is -2.25. The maximum Gasteiger partial charge on any atom is 0.180 e. The molecule has 0 bridgehead atoms. The molecule has 0 fully saturated rings. The number of nitrogens with one attached hydrogen (secondary N) is 1. The standard InChI is InChI=1S/C19H28N4O/c1-5-15-12-17(21-13-19(4,24)10-9-14(2)3)23-18(22-15)16-8-6-7-11-20-16/h6-8,11-12,14,24H,5,9-10,13H2,1-4H3,(H,21,22,23). The molecule has 0 aliphatic rings. The number of aliphatic hydroxyl groups is 1. The molecule has 130 valence electrons. The molecule has 2 N–H and O–H groups in total. The lowest BCUT2D eigenvalue weighted by atomic mass is 9.95. The van der Waals surface area contributed by atoms with Gasteiger partial charge in [0.1, 0.15) is 11.5 Å². The zero-order valence-electron chi connectivity index (χ0n) is 15.1. The smallest absolute Gasteiger partial charge is 0.180 e. The number of rotatable bonds is 8. The molecule has 0 radical (unpaired) electrons. The van der Waals surface area contributed by atoms with Crippen LogP contribution in [0.1, 0.15) is 46.2 Å². The highest BCUT2D eigenvalue weighted by Gasteiger charge is 2.20. The summed E-state index contributed by atoms with van der Waals surface area (Å²) in [5.74, 6) is 1.92. The summed E-state index contributed by atoms with van der Waals surface area (Å²) >= 11 is 0. The zero-order valence-corrected chi connectivity index (χ0v) is 15.1. The summed E-state index contributed by atoms with van der Waals surface area (Å²) in [6.45, 7) is 8.72. The number of hydrogen-bond acceptors (Lipinski definition) is 5. The molecule has 0 amide bonds. The van der Waals surface area contributed by atoms with Gasteiger partial charge in [0.25, 0.3) is 0 Å². The number of aryl methyl sites for hydroxylation is 1. The molecule has 0 saturated heterocycles. The molecule has 1 atom stereocenters. The highest BCUT2D eigenvalue weighted by atomic mass is 16.3. The quantitative estimate of drug-likeness (QED) is 0.773. The third-order valence-electron chi connectivity index (χ3n) is 3.95. The summed E-state index contributed by atoms with van der Waals surface area (Å²) in [5, 5.41) is 13.8. The van der Waals surface area contributed by atoms with E-state index in [1.54, 1.807) is 6.20 Å². The number of nitrogens with zero attached hydrogens (tertiary/aromatic N) is 3. The Bertz CT molecular complexity index is 641. The highest BCUT2D eigenvalue weighted by molar-refractivity contribution is 5.53. The summed E-state index contributed by atoms with van der Waals surface area (Å²) in [6.07, 6.45) is 4.32. The van der Waals surface area contributed by atoms with Crippen molar-refractivity contribution in [2.45, 2.75) is 52.6 Å². The minimum Gasteiger partial charge on any atom is -0.388 e. The normalized spacial score (nSPS) is 13.8. The third kappa shape index (κ3) is 5.57. The Hall–Kier alpha value is -2.01. The molecule has 0 spiro atoms. The Kier molecular flexibility index (Phi) is 6.26. The minimum atomic E-state index is -0.757. The molecule has 1 unspecified atom stereocenters. The van der Waals surface area contributed by atoms with Crippen LogP contribution in [0, 0.1) is 5.92 Å². The van der Waals surface area contributed by atoms with Gasteiger partial charge in [0.2, 0.25) is 0 Å². The lowest BCUT2D eigenvalue weighted by Crippen LogP contribution is -2.34. The van der Waals surface area contributed by atoms with Gasteiger partial charge >= 0.3 is 0 Å². The maximum atomic E-state index is 10.5. The average Bonchev–Trinajstić information content (AvgIpc) is 2.59. The molecule has 0 aromatic carbocycles. The molecule has 0 saturated carbocycles. The molecule has 0 aliphatic heterocycles. The van der Waals surface area contributed by atoms with Crippen molar-refractivity contribution in [1.82, 2.24) is 15.0 Å². The molecular weight excluding hydrogens is 300 g/mol. The molecule has 2 aromatic rings. The van der Waals surface area contributed by atoms with Gasteiger partial charge in [0.05, 0.1) is 5.60 Å². The Labute approximate surface area is 144 Å². The van der Waals surface area contributed by atoms with Crippen molar-refractivity contribution >= 4 is 5.82 Å². The molecule has 24 heavy (non-hydrogen) atoms. The zero-order chi connectivity index (χ0) is 17.6. The lowest BCUT2D eigenvalue weighted by molar-refractivity contribution is 0.0585. The van der Waals surface area contributed by atoms with E-state index in [9.17, 15) is 5.11 Å². The fourth-order valence-electron chi connectivity index (χ4n) is 2.35. The Morgan fingerprint density at radius 1 is 1.25 bits per heavy atom. The van der Waals surface area contributed by atoms with Gasteiger partial charge in [-0.25, -0.2) is 9.97 Å². The van der Waals surface area contributed by atoms with E-state index in [2.05, 4.69) is 41.0 Å². The van der Waals surface area contributed by atoms with Crippen LogP contribution in [0.5, 0.6) is 0 Å². The van der Waals surface area contributed by atoms with Gasteiger partial charge in [0.15, 0.2) is 5.82 Å². The summed E-state index contributed by atoms with van der Waals surface area (Å²) in [5.41, 5.74) is 0.949. The number of pyridine rings is 1. The molecular formula is C19H28N4O. The van der Waals surface area contributed by atoms with Crippen LogP contribution < -0.4 is 5.32 Å². The van der Waals surface area contributed by atoms with Crippen LogP contribution in [0.3, 0.4) is 0 Å². The first-order valence-corrected chi connectivity index (χ1v) is 8.65. The second kappa shape index (κ2) is 8.20. The van der Waals surface area contributed by atoms with Crippen LogP contribution in [-0.4, -0.2) is 32.2 Å².